The summed E-state index contributed by atoms with van der Waals surface area (Å²) in [5.41, 5.74) is 0. The summed E-state index contributed by atoms with van der Waals surface area (Å²) in [5.74, 6) is 0.00847. The molecule has 1 aliphatic carbocycles. The van der Waals surface area contributed by atoms with Crippen molar-refractivity contribution in [2.45, 2.75) is 12.8 Å². The van der Waals surface area contributed by atoms with E-state index < -0.39 is 0 Å². The predicted octanol–water partition coefficient (Wildman–Crippen LogP) is 2.13. The maximum atomic E-state index is 11.6. The van der Waals surface area contributed by atoms with Gasteiger partial charge in [0.1, 0.15) is 4.88 Å². The van der Waals surface area contributed by atoms with Crippen LogP contribution in [0, 0.1) is 5.92 Å². The molecule has 0 aliphatic heterocycles. The van der Waals surface area contributed by atoms with Crippen molar-refractivity contribution >= 4 is 23.1 Å². The lowest BCUT2D eigenvalue weighted by Crippen LogP contribution is -1.98. The first-order valence-corrected chi connectivity index (χ1v) is 5.26. The van der Waals surface area contributed by atoms with E-state index in [9.17, 15) is 9.59 Å². The van der Waals surface area contributed by atoms with Gasteiger partial charge in [-0.25, -0.2) is 4.79 Å². The summed E-state index contributed by atoms with van der Waals surface area (Å²) in [6.45, 7) is 0. The number of carbonyl (C=O) groups is 2. The highest BCUT2D eigenvalue weighted by Crippen LogP contribution is 2.34. The zero-order valence-electron chi connectivity index (χ0n) is 7.78. The van der Waals surface area contributed by atoms with Crippen LogP contribution in [0.4, 0.5) is 0 Å². The average molecular weight is 210 g/mol. The number of esters is 1. The Labute approximate surface area is 85.7 Å². The Morgan fingerprint density at radius 1 is 1.36 bits per heavy atom. The molecule has 0 radical (unpaired) electrons. The Hall–Kier alpha value is -1.16. The van der Waals surface area contributed by atoms with Gasteiger partial charge in [-0.2, -0.15) is 0 Å². The van der Waals surface area contributed by atoms with Crippen LogP contribution in [0.25, 0.3) is 0 Å². The monoisotopic (exact) mass is 210 g/mol. The molecule has 0 spiro atoms. The molecule has 0 amide bonds. The van der Waals surface area contributed by atoms with Crippen LogP contribution in [0.3, 0.4) is 0 Å². The van der Waals surface area contributed by atoms with Crippen molar-refractivity contribution in [3.05, 3.63) is 21.9 Å². The Bertz CT molecular complexity index is 376. The topological polar surface area (TPSA) is 43.4 Å². The lowest BCUT2D eigenvalue weighted by atomic mass is 10.2. The summed E-state index contributed by atoms with van der Waals surface area (Å²) in [5, 5.41) is 0. The number of thiophene rings is 1. The minimum Gasteiger partial charge on any atom is -0.465 e. The van der Waals surface area contributed by atoms with Crippen molar-refractivity contribution in [3.8, 4) is 0 Å². The van der Waals surface area contributed by atoms with E-state index in [-0.39, 0.29) is 17.7 Å². The van der Waals surface area contributed by atoms with E-state index in [4.69, 9.17) is 0 Å². The molecule has 1 aliphatic rings. The minimum absolute atomic E-state index is 0.171. The van der Waals surface area contributed by atoms with E-state index >= 15 is 0 Å². The molecule has 1 fully saturated rings. The fraction of sp³-hybridized carbons (Fsp3) is 0.400. The summed E-state index contributed by atoms with van der Waals surface area (Å²) < 4.78 is 4.57. The zero-order valence-corrected chi connectivity index (χ0v) is 8.60. The third-order valence-corrected chi connectivity index (χ3v) is 3.26. The normalized spacial score (nSPS) is 15.2. The molecule has 2 rings (SSSR count). The van der Waals surface area contributed by atoms with E-state index in [1.54, 1.807) is 12.1 Å². The number of hydrogen-bond acceptors (Lipinski definition) is 4. The molecule has 1 saturated carbocycles. The standard InChI is InChI=1S/C10H10O3S/c1-13-10(12)8-5-4-7(14-8)9(11)6-2-3-6/h4-6H,2-3H2,1H3. The average Bonchev–Trinajstić information content (AvgIpc) is 2.93. The molecule has 0 aromatic carbocycles. The van der Waals surface area contributed by atoms with Gasteiger partial charge in [-0.1, -0.05) is 0 Å². The lowest BCUT2D eigenvalue weighted by Gasteiger charge is -1.93. The fourth-order valence-corrected chi connectivity index (χ4v) is 2.17. The third-order valence-electron chi connectivity index (χ3n) is 2.18. The largest absolute Gasteiger partial charge is 0.465 e. The Morgan fingerprint density at radius 2 is 2.00 bits per heavy atom. The molecule has 0 atom stereocenters. The third kappa shape index (κ3) is 1.70. The number of Topliss-reactive ketones (excluding diaryl/α,β-unsaturated/α-hetero) is 1. The number of carbonyl (C=O) groups excluding carboxylic acids is 2. The van der Waals surface area contributed by atoms with Gasteiger partial charge in [0.2, 0.25) is 0 Å². The van der Waals surface area contributed by atoms with Crippen LogP contribution in [0.1, 0.15) is 32.2 Å². The van der Waals surface area contributed by atoms with Gasteiger partial charge in [-0.05, 0) is 25.0 Å². The molecule has 0 N–H and O–H groups in total. The molecule has 1 aromatic rings. The highest BCUT2D eigenvalue weighted by atomic mass is 32.1. The molecular weight excluding hydrogens is 200 g/mol. The molecule has 74 valence electrons. The molecule has 3 nitrogen and oxygen atoms in total. The van der Waals surface area contributed by atoms with Crippen LogP contribution in [-0.2, 0) is 4.74 Å². The molecule has 4 heteroatoms. The van der Waals surface area contributed by atoms with Crippen molar-refractivity contribution in [3.63, 3.8) is 0 Å². The van der Waals surface area contributed by atoms with E-state index in [1.807, 2.05) is 0 Å². The second kappa shape index (κ2) is 3.53. The van der Waals surface area contributed by atoms with Crippen LogP contribution in [0.2, 0.25) is 0 Å². The first-order valence-electron chi connectivity index (χ1n) is 4.44. The summed E-state index contributed by atoms with van der Waals surface area (Å²) in [4.78, 5) is 23.9. The van der Waals surface area contributed by atoms with Gasteiger partial charge in [-0.3, -0.25) is 4.79 Å². The van der Waals surface area contributed by atoms with Gasteiger partial charge in [-0.15, -0.1) is 11.3 Å². The summed E-state index contributed by atoms with van der Waals surface area (Å²) >= 11 is 1.22. The Morgan fingerprint density at radius 3 is 2.57 bits per heavy atom. The van der Waals surface area contributed by atoms with Gasteiger partial charge < -0.3 is 4.74 Å². The predicted molar refractivity (Wildman–Crippen MR) is 52.7 cm³/mol. The second-order valence-electron chi connectivity index (χ2n) is 3.29. The second-order valence-corrected chi connectivity index (χ2v) is 4.38. The molecule has 0 bridgehead atoms. The van der Waals surface area contributed by atoms with Crippen molar-refractivity contribution in [2.24, 2.45) is 5.92 Å². The Kier molecular flexibility index (Phi) is 2.37. The van der Waals surface area contributed by atoms with Crippen molar-refractivity contribution in [2.75, 3.05) is 7.11 Å². The highest BCUT2D eigenvalue weighted by molar-refractivity contribution is 7.15. The number of ether oxygens (including phenoxy) is 1. The highest BCUT2D eigenvalue weighted by Gasteiger charge is 2.31. The molecule has 1 aromatic heterocycles. The van der Waals surface area contributed by atoms with Crippen LogP contribution in [0.5, 0.6) is 0 Å². The van der Waals surface area contributed by atoms with Crippen molar-refractivity contribution in [1.82, 2.24) is 0 Å². The van der Waals surface area contributed by atoms with Gasteiger partial charge in [0.05, 0.1) is 12.0 Å². The van der Waals surface area contributed by atoms with Crippen molar-refractivity contribution < 1.29 is 14.3 Å². The first-order chi connectivity index (χ1) is 6.72. The summed E-state index contributed by atoms with van der Waals surface area (Å²) in [6, 6.07) is 3.35. The molecule has 0 saturated heterocycles. The zero-order chi connectivity index (χ0) is 10.1. The summed E-state index contributed by atoms with van der Waals surface area (Å²) in [6.07, 6.45) is 1.98. The van der Waals surface area contributed by atoms with Crippen LogP contribution < -0.4 is 0 Å². The van der Waals surface area contributed by atoms with E-state index in [1.165, 1.54) is 18.4 Å². The van der Waals surface area contributed by atoms with Gasteiger partial charge >= 0.3 is 5.97 Å². The number of rotatable bonds is 3. The van der Waals surface area contributed by atoms with E-state index in [0.717, 1.165) is 12.8 Å². The van der Waals surface area contributed by atoms with Crippen LogP contribution in [-0.4, -0.2) is 18.9 Å². The van der Waals surface area contributed by atoms with E-state index in [0.29, 0.717) is 9.75 Å². The minimum atomic E-state index is -0.371. The smallest absolute Gasteiger partial charge is 0.348 e. The van der Waals surface area contributed by atoms with E-state index in [2.05, 4.69) is 4.74 Å². The molecule has 14 heavy (non-hydrogen) atoms. The molecule has 0 unspecified atom stereocenters. The maximum Gasteiger partial charge on any atom is 0.348 e. The van der Waals surface area contributed by atoms with Gasteiger partial charge in [0, 0.05) is 5.92 Å². The maximum absolute atomic E-state index is 11.6. The van der Waals surface area contributed by atoms with Crippen LogP contribution >= 0.6 is 11.3 Å². The number of methoxy groups -OCH3 is 1. The lowest BCUT2D eigenvalue weighted by molar-refractivity contribution is 0.0606. The quantitative estimate of drug-likeness (QED) is 0.567. The fourth-order valence-electron chi connectivity index (χ4n) is 1.23. The summed E-state index contributed by atoms with van der Waals surface area (Å²) in [7, 11) is 1.34. The Balaban J connectivity index is 2.16. The van der Waals surface area contributed by atoms with Crippen molar-refractivity contribution in [1.29, 1.82) is 0 Å². The molecular formula is C10H10O3S. The number of ketones is 1. The van der Waals surface area contributed by atoms with Gasteiger partial charge in [0.25, 0.3) is 0 Å². The number of hydrogen-bond donors (Lipinski definition) is 0. The SMILES string of the molecule is COC(=O)c1ccc(C(=O)C2CC2)s1. The van der Waals surface area contributed by atoms with Gasteiger partial charge in [0.15, 0.2) is 5.78 Å². The first kappa shape index (κ1) is 9.40. The molecule has 1 heterocycles. The van der Waals surface area contributed by atoms with Crippen LogP contribution in [0.15, 0.2) is 12.1 Å².